The smallest absolute Gasteiger partial charge is 0.327 e. The van der Waals surface area contributed by atoms with Gasteiger partial charge in [-0.2, -0.15) is 0 Å². The van der Waals surface area contributed by atoms with Crippen molar-refractivity contribution in [2.45, 2.75) is 13.0 Å². The van der Waals surface area contributed by atoms with Crippen LogP contribution in [0.15, 0.2) is 36.5 Å². The molecule has 88 valence electrons. The molecule has 4 heteroatoms. The van der Waals surface area contributed by atoms with Crippen molar-refractivity contribution in [3.8, 4) is 0 Å². The average molecular weight is 230 g/mol. The summed E-state index contributed by atoms with van der Waals surface area (Å²) < 4.78 is 4.67. The van der Waals surface area contributed by atoms with E-state index in [1.54, 1.807) is 13.1 Å². The number of methoxy groups -OCH3 is 1. The van der Waals surface area contributed by atoms with E-state index in [0.29, 0.717) is 0 Å². The van der Waals surface area contributed by atoms with Crippen LogP contribution in [0.5, 0.6) is 0 Å². The van der Waals surface area contributed by atoms with E-state index in [-0.39, 0.29) is 5.97 Å². The van der Waals surface area contributed by atoms with Crippen LogP contribution in [0.4, 0.5) is 5.69 Å². The quantitative estimate of drug-likeness (QED) is 0.821. The van der Waals surface area contributed by atoms with Gasteiger partial charge in [0.15, 0.2) is 0 Å². The number of esters is 1. The number of benzene rings is 1. The average Bonchev–Trinajstić information content (AvgIpc) is 2.38. The lowest BCUT2D eigenvalue weighted by Crippen LogP contribution is -2.27. The topological polar surface area (TPSA) is 51.2 Å². The fourth-order valence-electron chi connectivity index (χ4n) is 1.69. The molecule has 1 atom stereocenters. The highest BCUT2D eigenvalue weighted by molar-refractivity contribution is 5.92. The summed E-state index contributed by atoms with van der Waals surface area (Å²) in [6.07, 6.45) is 1.73. The van der Waals surface area contributed by atoms with Gasteiger partial charge >= 0.3 is 5.97 Å². The first-order chi connectivity index (χ1) is 8.22. The van der Waals surface area contributed by atoms with Gasteiger partial charge in [-0.05, 0) is 19.1 Å². The number of carbonyl (C=O) groups excluding carboxylic acids is 1. The Kier molecular flexibility index (Phi) is 3.23. The van der Waals surface area contributed by atoms with Crippen LogP contribution in [0, 0.1) is 0 Å². The van der Waals surface area contributed by atoms with E-state index in [1.807, 2.05) is 30.3 Å². The molecule has 1 aromatic heterocycles. The van der Waals surface area contributed by atoms with Crippen LogP contribution < -0.4 is 5.32 Å². The van der Waals surface area contributed by atoms with E-state index in [1.165, 1.54) is 7.11 Å². The maximum Gasteiger partial charge on any atom is 0.327 e. The highest BCUT2D eigenvalue weighted by atomic mass is 16.5. The molecule has 0 aliphatic carbocycles. The van der Waals surface area contributed by atoms with Gasteiger partial charge in [0.1, 0.15) is 6.04 Å². The van der Waals surface area contributed by atoms with Gasteiger partial charge in [0, 0.05) is 11.6 Å². The molecule has 1 unspecified atom stereocenters. The standard InChI is InChI=1S/C13H14N2O2/c1-9(13(16)17-2)15-11-7-3-5-10-6-4-8-14-12(10)11/h3-9,15H,1-2H3. The largest absolute Gasteiger partial charge is 0.467 e. The Morgan fingerprint density at radius 3 is 2.88 bits per heavy atom. The fourth-order valence-corrected chi connectivity index (χ4v) is 1.69. The van der Waals surface area contributed by atoms with E-state index >= 15 is 0 Å². The van der Waals surface area contributed by atoms with Gasteiger partial charge < -0.3 is 10.1 Å². The molecule has 4 nitrogen and oxygen atoms in total. The monoisotopic (exact) mass is 230 g/mol. The zero-order valence-corrected chi connectivity index (χ0v) is 9.81. The molecule has 2 aromatic rings. The number of para-hydroxylation sites is 1. The molecule has 0 fully saturated rings. The van der Waals surface area contributed by atoms with Gasteiger partial charge in [-0.3, -0.25) is 4.98 Å². The molecule has 0 aliphatic heterocycles. The number of ether oxygens (including phenoxy) is 1. The van der Waals surface area contributed by atoms with Gasteiger partial charge in [0.2, 0.25) is 0 Å². The summed E-state index contributed by atoms with van der Waals surface area (Å²) >= 11 is 0. The number of aromatic nitrogens is 1. The fraction of sp³-hybridized carbons (Fsp3) is 0.231. The summed E-state index contributed by atoms with van der Waals surface area (Å²) in [5.41, 5.74) is 1.69. The predicted octanol–water partition coefficient (Wildman–Crippen LogP) is 2.21. The van der Waals surface area contributed by atoms with Gasteiger partial charge in [-0.15, -0.1) is 0 Å². The van der Waals surface area contributed by atoms with Gasteiger partial charge in [-0.1, -0.05) is 18.2 Å². The normalized spacial score (nSPS) is 12.1. The van der Waals surface area contributed by atoms with Gasteiger partial charge in [0.05, 0.1) is 18.3 Å². The molecule has 0 radical (unpaired) electrons. The second-order valence-electron chi connectivity index (χ2n) is 3.77. The first kappa shape index (κ1) is 11.4. The van der Waals surface area contributed by atoms with Crippen LogP contribution in [0.3, 0.4) is 0 Å². The maximum atomic E-state index is 11.3. The van der Waals surface area contributed by atoms with Crippen molar-refractivity contribution in [3.63, 3.8) is 0 Å². The Morgan fingerprint density at radius 2 is 2.12 bits per heavy atom. The second-order valence-corrected chi connectivity index (χ2v) is 3.77. The van der Waals surface area contributed by atoms with Crippen molar-refractivity contribution in [2.24, 2.45) is 0 Å². The Morgan fingerprint density at radius 1 is 1.35 bits per heavy atom. The Hall–Kier alpha value is -2.10. The minimum Gasteiger partial charge on any atom is -0.467 e. The Labute approximate surface area is 99.6 Å². The molecule has 0 spiro atoms. The number of hydrogen-bond acceptors (Lipinski definition) is 4. The van der Waals surface area contributed by atoms with Crippen molar-refractivity contribution in [1.82, 2.24) is 4.98 Å². The third-order valence-electron chi connectivity index (χ3n) is 2.56. The van der Waals surface area contributed by atoms with E-state index in [0.717, 1.165) is 16.6 Å². The highest BCUT2D eigenvalue weighted by Crippen LogP contribution is 2.21. The Bertz CT molecular complexity index is 534. The minimum absolute atomic E-state index is 0.294. The molecular formula is C13H14N2O2. The molecule has 0 bridgehead atoms. The number of anilines is 1. The number of rotatable bonds is 3. The number of nitrogens with one attached hydrogen (secondary N) is 1. The van der Waals surface area contributed by atoms with Crippen LogP contribution in [0.2, 0.25) is 0 Å². The van der Waals surface area contributed by atoms with Crippen LogP contribution >= 0.6 is 0 Å². The van der Waals surface area contributed by atoms with Crippen LogP contribution in [0.25, 0.3) is 10.9 Å². The molecular weight excluding hydrogens is 216 g/mol. The van der Waals surface area contributed by atoms with Crippen LogP contribution in [-0.4, -0.2) is 24.1 Å². The number of fused-ring (bicyclic) bond motifs is 1. The lowest BCUT2D eigenvalue weighted by molar-refractivity contribution is -0.141. The molecule has 0 aliphatic rings. The van der Waals surface area contributed by atoms with E-state index in [4.69, 9.17) is 0 Å². The molecule has 1 N–H and O–H groups in total. The van der Waals surface area contributed by atoms with Crippen molar-refractivity contribution in [2.75, 3.05) is 12.4 Å². The molecule has 0 saturated carbocycles. The number of pyridine rings is 1. The van der Waals surface area contributed by atoms with E-state index < -0.39 is 6.04 Å². The van der Waals surface area contributed by atoms with Crippen molar-refractivity contribution < 1.29 is 9.53 Å². The van der Waals surface area contributed by atoms with Gasteiger partial charge in [0.25, 0.3) is 0 Å². The maximum absolute atomic E-state index is 11.3. The summed E-state index contributed by atoms with van der Waals surface area (Å²) in [7, 11) is 1.38. The van der Waals surface area contributed by atoms with Crippen molar-refractivity contribution >= 4 is 22.6 Å². The summed E-state index contributed by atoms with van der Waals surface area (Å²) in [5.74, 6) is -0.294. The molecule has 1 aromatic carbocycles. The summed E-state index contributed by atoms with van der Waals surface area (Å²) in [4.78, 5) is 15.7. The molecule has 0 amide bonds. The highest BCUT2D eigenvalue weighted by Gasteiger charge is 2.13. The first-order valence-corrected chi connectivity index (χ1v) is 5.40. The zero-order valence-electron chi connectivity index (χ0n) is 9.81. The number of hydrogen-bond donors (Lipinski definition) is 1. The lowest BCUT2D eigenvalue weighted by Gasteiger charge is -2.14. The predicted molar refractivity (Wildman–Crippen MR) is 66.8 cm³/mol. The Balaban J connectivity index is 2.33. The van der Waals surface area contributed by atoms with Crippen LogP contribution in [-0.2, 0) is 9.53 Å². The number of nitrogens with zero attached hydrogens (tertiary/aromatic N) is 1. The molecule has 1 heterocycles. The summed E-state index contributed by atoms with van der Waals surface area (Å²) in [6.45, 7) is 1.76. The van der Waals surface area contributed by atoms with E-state index in [2.05, 4.69) is 15.0 Å². The van der Waals surface area contributed by atoms with Crippen LogP contribution in [0.1, 0.15) is 6.92 Å². The second kappa shape index (κ2) is 4.82. The van der Waals surface area contributed by atoms with Crippen molar-refractivity contribution in [1.29, 1.82) is 0 Å². The van der Waals surface area contributed by atoms with Gasteiger partial charge in [-0.25, -0.2) is 4.79 Å². The summed E-state index contributed by atoms with van der Waals surface area (Å²) in [5, 5.41) is 4.14. The third kappa shape index (κ3) is 2.36. The molecule has 17 heavy (non-hydrogen) atoms. The molecule has 0 saturated heterocycles. The first-order valence-electron chi connectivity index (χ1n) is 5.40. The minimum atomic E-state index is -0.396. The SMILES string of the molecule is COC(=O)C(C)Nc1cccc2cccnc12. The lowest BCUT2D eigenvalue weighted by atomic mass is 10.2. The van der Waals surface area contributed by atoms with Crippen molar-refractivity contribution in [3.05, 3.63) is 36.5 Å². The van der Waals surface area contributed by atoms with E-state index in [9.17, 15) is 4.79 Å². The zero-order chi connectivity index (χ0) is 12.3. The third-order valence-corrected chi connectivity index (χ3v) is 2.56. The number of carbonyl (C=O) groups is 1. The molecule has 2 rings (SSSR count). The summed E-state index contributed by atoms with van der Waals surface area (Å²) in [6, 6.07) is 9.28.